The van der Waals surface area contributed by atoms with Gasteiger partial charge in [-0.15, -0.1) is 11.3 Å². The van der Waals surface area contributed by atoms with Gasteiger partial charge >= 0.3 is 0 Å². The van der Waals surface area contributed by atoms with Crippen molar-refractivity contribution in [3.8, 4) is 0 Å². The molecule has 1 heterocycles. The van der Waals surface area contributed by atoms with Gasteiger partial charge in [-0.2, -0.15) is 0 Å². The minimum absolute atomic E-state index is 0.122. The maximum absolute atomic E-state index is 11.7. The molecule has 1 unspecified atom stereocenters. The summed E-state index contributed by atoms with van der Waals surface area (Å²) >= 11 is 1.50. The molecule has 0 saturated heterocycles. The number of rotatable bonds is 3. The third-order valence-corrected chi connectivity index (χ3v) is 3.78. The van der Waals surface area contributed by atoms with E-state index in [2.05, 4.69) is 31.1 Å². The Morgan fingerprint density at radius 2 is 2.40 bits per heavy atom. The number of hydrogen-bond donors (Lipinski definition) is 1. The lowest BCUT2D eigenvalue weighted by molar-refractivity contribution is -0.117. The molecular formula is C11H16N2OS. The summed E-state index contributed by atoms with van der Waals surface area (Å²) in [6.45, 7) is 6.30. The quantitative estimate of drug-likeness (QED) is 0.857. The molecule has 3 nitrogen and oxygen atoms in total. The van der Waals surface area contributed by atoms with Gasteiger partial charge in [0.25, 0.3) is 0 Å². The van der Waals surface area contributed by atoms with E-state index in [-0.39, 0.29) is 17.2 Å². The molecular weight excluding hydrogens is 208 g/mol. The monoisotopic (exact) mass is 224 g/mol. The van der Waals surface area contributed by atoms with Gasteiger partial charge in [0.2, 0.25) is 5.91 Å². The summed E-state index contributed by atoms with van der Waals surface area (Å²) in [5.41, 5.74) is 1.24. The maximum atomic E-state index is 11.7. The minimum atomic E-state index is 0.122. The molecule has 0 radical (unpaired) electrons. The average Bonchev–Trinajstić information content (AvgIpc) is 2.62. The first-order valence-corrected chi connectivity index (χ1v) is 6.16. The number of hydrogen-bond acceptors (Lipinski definition) is 3. The lowest BCUT2D eigenvalue weighted by Crippen LogP contribution is -2.16. The molecule has 1 aromatic heterocycles. The van der Waals surface area contributed by atoms with Crippen molar-refractivity contribution in [2.75, 3.05) is 5.32 Å². The molecule has 1 saturated carbocycles. The summed E-state index contributed by atoms with van der Waals surface area (Å²) in [4.78, 5) is 16.1. The molecule has 0 aromatic carbocycles. The first-order chi connectivity index (χ1) is 7.03. The van der Waals surface area contributed by atoms with Gasteiger partial charge in [0.15, 0.2) is 5.13 Å². The van der Waals surface area contributed by atoms with Gasteiger partial charge in [-0.3, -0.25) is 4.79 Å². The standard InChI is InChI=1S/C11H16N2OS/c1-4-7-6-15-10(12-7)13-9(14)8-5-11(8,2)3/h6,8H,4-5H2,1-3H3,(H,12,13,14). The molecule has 4 heteroatoms. The Morgan fingerprint density at radius 3 is 2.87 bits per heavy atom. The Balaban J connectivity index is 1.95. The molecule has 82 valence electrons. The third kappa shape index (κ3) is 2.20. The van der Waals surface area contributed by atoms with E-state index in [1.54, 1.807) is 0 Å². The number of carbonyl (C=O) groups is 1. The predicted octanol–water partition coefficient (Wildman–Crippen LogP) is 2.69. The Morgan fingerprint density at radius 1 is 1.73 bits per heavy atom. The first kappa shape index (κ1) is 10.6. The van der Waals surface area contributed by atoms with Crippen molar-refractivity contribution in [3.63, 3.8) is 0 Å². The maximum Gasteiger partial charge on any atom is 0.229 e. The zero-order chi connectivity index (χ0) is 11.1. The van der Waals surface area contributed by atoms with E-state index in [9.17, 15) is 4.79 Å². The number of carbonyl (C=O) groups excluding carboxylic acids is 1. The Bertz CT molecular complexity index is 384. The van der Waals surface area contributed by atoms with Crippen molar-refractivity contribution < 1.29 is 4.79 Å². The number of thiazole rings is 1. The smallest absolute Gasteiger partial charge is 0.229 e. The van der Waals surface area contributed by atoms with Crippen LogP contribution in [0.5, 0.6) is 0 Å². The van der Waals surface area contributed by atoms with Gasteiger partial charge in [-0.25, -0.2) is 4.98 Å². The second-order valence-corrected chi connectivity index (χ2v) is 5.59. The molecule has 0 aliphatic heterocycles. The van der Waals surface area contributed by atoms with Gasteiger partial charge in [0, 0.05) is 11.3 Å². The van der Waals surface area contributed by atoms with Crippen LogP contribution in [0, 0.1) is 11.3 Å². The Kier molecular flexibility index (Phi) is 2.54. The molecule has 0 bridgehead atoms. The summed E-state index contributed by atoms with van der Waals surface area (Å²) in [5, 5.41) is 5.61. The van der Waals surface area contributed by atoms with Crippen molar-refractivity contribution >= 4 is 22.4 Å². The van der Waals surface area contributed by atoms with Crippen LogP contribution in [0.3, 0.4) is 0 Å². The van der Waals surface area contributed by atoms with Gasteiger partial charge in [0.05, 0.1) is 5.69 Å². The highest BCUT2D eigenvalue weighted by Gasteiger charge is 2.50. The summed E-state index contributed by atoms with van der Waals surface area (Å²) in [6.07, 6.45) is 1.91. The number of aromatic nitrogens is 1. The number of amides is 1. The fourth-order valence-electron chi connectivity index (χ4n) is 1.63. The second-order valence-electron chi connectivity index (χ2n) is 4.73. The molecule has 1 amide bonds. The van der Waals surface area contributed by atoms with Crippen LogP contribution in [0.2, 0.25) is 0 Å². The molecule has 15 heavy (non-hydrogen) atoms. The van der Waals surface area contributed by atoms with Crippen molar-refractivity contribution in [3.05, 3.63) is 11.1 Å². The van der Waals surface area contributed by atoms with Crippen LogP contribution in [0.15, 0.2) is 5.38 Å². The largest absolute Gasteiger partial charge is 0.302 e. The number of nitrogens with zero attached hydrogens (tertiary/aromatic N) is 1. The summed E-state index contributed by atoms with van der Waals surface area (Å²) in [7, 11) is 0. The molecule has 1 aromatic rings. The van der Waals surface area contributed by atoms with Crippen LogP contribution in [0.4, 0.5) is 5.13 Å². The van der Waals surface area contributed by atoms with Crippen molar-refractivity contribution in [1.29, 1.82) is 0 Å². The van der Waals surface area contributed by atoms with Gasteiger partial charge < -0.3 is 5.32 Å². The van der Waals surface area contributed by atoms with Gasteiger partial charge in [-0.1, -0.05) is 20.8 Å². The molecule has 1 N–H and O–H groups in total. The molecule has 2 rings (SSSR count). The summed E-state index contributed by atoms with van der Waals surface area (Å²) < 4.78 is 0. The summed E-state index contributed by atoms with van der Waals surface area (Å²) in [6, 6.07) is 0. The predicted molar refractivity (Wildman–Crippen MR) is 62.0 cm³/mol. The van der Waals surface area contributed by atoms with Crippen LogP contribution in [0.25, 0.3) is 0 Å². The van der Waals surface area contributed by atoms with Crippen LogP contribution >= 0.6 is 11.3 Å². The Labute approximate surface area is 93.9 Å². The van der Waals surface area contributed by atoms with E-state index in [0.717, 1.165) is 23.7 Å². The number of nitrogens with one attached hydrogen (secondary N) is 1. The van der Waals surface area contributed by atoms with Crippen LogP contribution in [-0.4, -0.2) is 10.9 Å². The number of aryl methyl sites for hydroxylation is 1. The zero-order valence-corrected chi connectivity index (χ0v) is 10.1. The Hall–Kier alpha value is -0.900. The minimum Gasteiger partial charge on any atom is -0.302 e. The normalized spacial score (nSPS) is 22.5. The third-order valence-electron chi connectivity index (χ3n) is 2.97. The van der Waals surface area contributed by atoms with E-state index < -0.39 is 0 Å². The second kappa shape index (κ2) is 3.59. The van der Waals surface area contributed by atoms with E-state index in [1.807, 2.05) is 5.38 Å². The molecule has 1 fully saturated rings. The lowest BCUT2D eigenvalue weighted by atomic mass is 10.1. The first-order valence-electron chi connectivity index (χ1n) is 5.28. The highest BCUT2D eigenvalue weighted by atomic mass is 32.1. The van der Waals surface area contributed by atoms with Gasteiger partial charge in [0.1, 0.15) is 0 Å². The van der Waals surface area contributed by atoms with E-state index in [1.165, 1.54) is 11.3 Å². The van der Waals surface area contributed by atoms with Crippen LogP contribution < -0.4 is 5.32 Å². The van der Waals surface area contributed by atoms with Crippen molar-refractivity contribution in [1.82, 2.24) is 4.98 Å². The fraction of sp³-hybridized carbons (Fsp3) is 0.636. The van der Waals surface area contributed by atoms with Crippen molar-refractivity contribution in [2.45, 2.75) is 33.6 Å². The average molecular weight is 224 g/mol. The molecule has 0 spiro atoms. The van der Waals surface area contributed by atoms with Crippen LogP contribution in [-0.2, 0) is 11.2 Å². The molecule has 1 aliphatic carbocycles. The van der Waals surface area contributed by atoms with E-state index in [4.69, 9.17) is 0 Å². The number of anilines is 1. The van der Waals surface area contributed by atoms with Crippen molar-refractivity contribution in [2.24, 2.45) is 11.3 Å². The SMILES string of the molecule is CCc1csc(NC(=O)C2CC2(C)C)n1. The van der Waals surface area contributed by atoms with Crippen LogP contribution in [0.1, 0.15) is 32.9 Å². The highest BCUT2D eigenvalue weighted by Crippen LogP contribution is 2.52. The lowest BCUT2D eigenvalue weighted by Gasteiger charge is -2.02. The topological polar surface area (TPSA) is 42.0 Å². The molecule has 1 atom stereocenters. The fourth-order valence-corrected chi connectivity index (χ4v) is 2.43. The van der Waals surface area contributed by atoms with Gasteiger partial charge in [-0.05, 0) is 18.3 Å². The molecule has 1 aliphatic rings. The highest BCUT2D eigenvalue weighted by molar-refractivity contribution is 7.13. The van der Waals surface area contributed by atoms with E-state index >= 15 is 0 Å². The van der Waals surface area contributed by atoms with E-state index in [0.29, 0.717) is 0 Å². The zero-order valence-electron chi connectivity index (χ0n) is 9.33. The summed E-state index contributed by atoms with van der Waals surface area (Å²) in [5.74, 6) is 0.295.